The van der Waals surface area contributed by atoms with Gasteiger partial charge in [0.05, 0.1) is 23.2 Å². The van der Waals surface area contributed by atoms with Gasteiger partial charge >= 0.3 is 0 Å². The molecule has 90 valence electrons. The van der Waals surface area contributed by atoms with Crippen LogP contribution in [0.5, 0.6) is 0 Å². The Morgan fingerprint density at radius 3 is 2.82 bits per heavy atom. The van der Waals surface area contributed by atoms with Crippen LogP contribution in [0, 0.1) is 6.92 Å². The number of aromatic amines is 1. The van der Waals surface area contributed by atoms with Gasteiger partial charge < -0.3 is 10.1 Å². The van der Waals surface area contributed by atoms with Gasteiger partial charge in [0.1, 0.15) is 0 Å². The van der Waals surface area contributed by atoms with E-state index >= 15 is 0 Å². The lowest BCUT2D eigenvalue weighted by atomic mass is 10.1. The minimum Gasteiger partial charge on any atom is -0.392 e. The molecule has 0 radical (unpaired) electrons. The maximum absolute atomic E-state index is 12.7. The molecule has 6 heteroatoms. The van der Waals surface area contributed by atoms with Crippen LogP contribution >= 0.6 is 0 Å². The molecule has 0 unspecified atom stereocenters. The molecule has 0 saturated heterocycles. The van der Waals surface area contributed by atoms with Crippen molar-refractivity contribution in [1.82, 2.24) is 9.97 Å². The van der Waals surface area contributed by atoms with Crippen molar-refractivity contribution in [3.63, 3.8) is 0 Å². The van der Waals surface area contributed by atoms with E-state index in [0.717, 1.165) is 0 Å². The van der Waals surface area contributed by atoms with E-state index in [0.29, 0.717) is 16.6 Å². The van der Waals surface area contributed by atoms with Crippen LogP contribution in [-0.2, 0) is 6.61 Å². The van der Waals surface area contributed by atoms with E-state index < -0.39 is 17.5 Å². The van der Waals surface area contributed by atoms with Gasteiger partial charge in [0.2, 0.25) is 0 Å². The number of hydrogen-bond acceptors (Lipinski definition) is 3. The quantitative estimate of drug-likeness (QED) is 0.839. The van der Waals surface area contributed by atoms with Crippen molar-refractivity contribution in [1.29, 1.82) is 0 Å². The molecule has 0 amide bonds. The van der Waals surface area contributed by atoms with Crippen LogP contribution in [0.2, 0.25) is 0 Å². The summed E-state index contributed by atoms with van der Waals surface area (Å²) < 4.78 is 25.3. The fraction of sp³-hybridized carbons (Fsp3) is 0.273. The number of fused-ring (bicyclic) bond motifs is 1. The van der Waals surface area contributed by atoms with Crippen molar-refractivity contribution in [2.45, 2.75) is 20.0 Å². The average Bonchev–Trinajstić information content (AvgIpc) is 2.27. The Morgan fingerprint density at radius 2 is 2.24 bits per heavy atom. The van der Waals surface area contributed by atoms with Crippen LogP contribution in [0.4, 0.5) is 8.78 Å². The number of halogens is 2. The Hall–Kier alpha value is -1.82. The number of aromatic nitrogens is 2. The van der Waals surface area contributed by atoms with E-state index in [1.54, 1.807) is 0 Å². The number of pyridine rings is 2. The molecular formula is C11H10F2N2O2. The van der Waals surface area contributed by atoms with E-state index in [-0.39, 0.29) is 12.2 Å². The number of nitrogens with zero attached hydrogens (tertiary/aromatic N) is 1. The van der Waals surface area contributed by atoms with E-state index in [2.05, 4.69) is 9.97 Å². The summed E-state index contributed by atoms with van der Waals surface area (Å²) >= 11 is 0. The van der Waals surface area contributed by atoms with Crippen molar-refractivity contribution >= 4 is 11.0 Å². The van der Waals surface area contributed by atoms with Crippen LogP contribution in [-0.4, -0.2) is 15.1 Å². The first-order valence-corrected chi connectivity index (χ1v) is 4.95. The summed E-state index contributed by atoms with van der Waals surface area (Å²) in [6, 6.07) is 1.52. The zero-order valence-corrected chi connectivity index (χ0v) is 9.00. The minimum atomic E-state index is -2.83. The van der Waals surface area contributed by atoms with Crippen LogP contribution < -0.4 is 5.56 Å². The second-order valence-electron chi connectivity index (χ2n) is 3.69. The average molecular weight is 240 g/mol. The molecule has 2 rings (SSSR count). The molecule has 0 aromatic carbocycles. The highest BCUT2D eigenvalue weighted by Gasteiger charge is 2.18. The SMILES string of the molecule is Cc1c(C(F)F)c(=O)[nH]c2cc(CO)cnc12. The fourth-order valence-electron chi connectivity index (χ4n) is 1.74. The first kappa shape index (κ1) is 11.7. The van der Waals surface area contributed by atoms with Crippen LogP contribution in [0.1, 0.15) is 23.1 Å². The first-order chi connectivity index (χ1) is 8.04. The van der Waals surface area contributed by atoms with E-state index in [9.17, 15) is 13.6 Å². The van der Waals surface area contributed by atoms with Crippen molar-refractivity contribution in [2.75, 3.05) is 0 Å². The highest BCUT2D eigenvalue weighted by atomic mass is 19.3. The number of H-pyrrole nitrogens is 1. The number of alkyl halides is 2. The normalized spacial score (nSPS) is 11.4. The van der Waals surface area contributed by atoms with Gasteiger partial charge in [-0.2, -0.15) is 0 Å². The summed E-state index contributed by atoms with van der Waals surface area (Å²) in [5.41, 5.74) is -0.0234. The number of rotatable bonds is 2. The van der Waals surface area contributed by atoms with E-state index in [1.165, 1.54) is 19.2 Å². The summed E-state index contributed by atoms with van der Waals surface area (Å²) in [5, 5.41) is 8.93. The van der Waals surface area contributed by atoms with Crippen LogP contribution in [0.15, 0.2) is 17.1 Å². The maximum atomic E-state index is 12.7. The third kappa shape index (κ3) is 1.91. The van der Waals surface area contributed by atoms with Crippen molar-refractivity contribution in [2.24, 2.45) is 0 Å². The van der Waals surface area contributed by atoms with Gasteiger partial charge in [-0.25, -0.2) is 8.78 Å². The zero-order chi connectivity index (χ0) is 12.6. The first-order valence-electron chi connectivity index (χ1n) is 4.95. The molecule has 2 aromatic heterocycles. The molecule has 0 atom stereocenters. The predicted molar refractivity (Wildman–Crippen MR) is 58.0 cm³/mol. The van der Waals surface area contributed by atoms with Gasteiger partial charge in [-0.1, -0.05) is 0 Å². The Bertz CT molecular complexity index is 623. The van der Waals surface area contributed by atoms with Gasteiger partial charge in [0, 0.05) is 6.20 Å². The molecule has 0 aliphatic carbocycles. The molecule has 4 nitrogen and oxygen atoms in total. The molecule has 2 aromatic rings. The van der Waals surface area contributed by atoms with Gasteiger partial charge in [-0.3, -0.25) is 9.78 Å². The molecule has 17 heavy (non-hydrogen) atoms. The summed E-state index contributed by atoms with van der Waals surface area (Å²) in [4.78, 5) is 17.8. The highest BCUT2D eigenvalue weighted by molar-refractivity contribution is 5.78. The molecule has 0 fully saturated rings. The smallest absolute Gasteiger partial charge is 0.269 e. The highest BCUT2D eigenvalue weighted by Crippen LogP contribution is 2.23. The fourth-order valence-corrected chi connectivity index (χ4v) is 1.74. The second-order valence-corrected chi connectivity index (χ2v) is 3.69. The third-order valence-electron chi connectivity index (χ3n) is 2.60. The summed E-state index contributed by atoms with van der Waals surface area (Å²) in [5.74, 6) is 0. The molecule has 0 saturated carbocycles. The second kappa shape index (κ2) is 4.21. The largest absolute Gasteiger partial charge is 0.392 e. The Labute approximate surface area is 94.9 Å². The number of aliphatic hydroxyl groups is 1. The van der Waals surface area contributed by atoms with Crippen molar-refractivity contribution < 1.29 is 13.9 Å². The lowest BCUT2D eigenvalue weighted by Gasteiger charge is -2.07. The summed E-state index contributed by atoms with van der Waals surface area (Å²) in [7, 11) is 0. The Morgan fingerprint density at radius 1 is 1.53 bits per heavy atom. The van der Waals surface area contributed by atoms with Crippen LogP contribution in [0.25, 0.3) is 11.0 Å². The molecule has 0 aliphatic rings. The van der Waals surface area contributed by atoms with Gasteiger partial charge in [0.15, 0.2) is 0 Å². The lowest BCUT2D eigenvalue weighted by Crippen LogP contribution is -2.16. The van der Waals surface area contributed by atoms with Crippen LogP contribution in [0.3, 0.4) is 0 Å². The van der Waals surface area contributed by atoms with Gasteiger partial charge in [0.25, 0.3) is 12.0 Å². The summed E-state index contributed by atoms with van der Waals surface area (Å²) in [6.45, 7) is 1.21. The molecule has 0 bridgehead atoms. The molecule has 0 aliphatic heterocycles. The zero-order valence-electron chi connectivity index (χ0n) is 9.00. The standard InChI is InChI=1S/C11H10F2N2O2/c1-5-8(10(12)13)11(17)15-7-2-6(4-16)3-14-9(5)7/h2-3,10,16H,4H2,1H3,(H,15,17). The Balaban J connectivity index is 2.81. The topological polar surface area (TPSA) is 66.0 Å². The van der Waals surface area contributed by atoms with Crippen molar-refractivity contribution in [3.05, 3.63) is 39.3 Å². The minimum absolute atomic E-state index is 0.170. The lowest BCUT2D eigenvalue weighted by molar-refractivity contribution is 0.149. The number of nitrogens with one attached hydrogen (secondary N) is 1. The summed E-state index contributed by atoms with van der Waals surface area (Å²) in [6.07, 6.45) is -1.44. The number of aliphatic hydroxyl groups excluding tert-OH is 1. The number of hydrogen-bond donors (Lipinski definition) is 2. The van der Waals surface area contributed by atoms with E-state index in [4.69, 9.17) is 5.11 Å². The molecule has 2 N–H and O–H groups in total. The van der Waals surface area contributed by atoms with Gasteiger partial charge in [-0.15, -0.1) is 0 Å². The number of aryl methyl sites for hydroxylation is 1. The van der Waals surface area contributed by atoms with E-state index in [1.807, 2.05) is 0 Å². The van der Waals surface area contributed by atoms with Gasteiger partial charge in [-0.05, 0) is 24.1 Å². The molecular weight excluding hydrogens is 230 g/mol. The monoisotopic (exact) mass is 240 g/mol. The molecule has 0 spiro atoms. The third-order valence-corrected chi connectivity index (χ3v) is 2.60. The Kier molecular flexibility index (Phi) is 2.89. The predicted octanol–water partition coefficient (Wildman–Crippen LogP) is 1.66. The molecule has 2 heterocycles. The maximum Gasteiger partial charge on any atom is 0.269 e. The van der Waals surface area contributed by atoms with Crippen molar-refractivity contribution in [3.8, 4) is 0 Å².